The molecule has 1 fully saturated rings. The minimum Gasteiger partial charge on any atom is -0.357 e. The Morgan fingerprint density at radius 2 is 2.14 bits per heavy atom. The minimum absolute atomic E-state index is 0. The average Bonchev–Trinajstić information content (AvgIpc) is 3.36. The summed E-state index contributed by atoms with van der Waals surface area (Å²) in [5, 5.41) is 3.53. The summed E-state index contributed by atoms with van der Waals surface area (Å²) >= 11 is 0. The molecule has 6 heteroatoms. The van der Waals surface area contributed by atoms with E-state index in [1.165, 1.54) is 30.4 Å². The summed E-state index contributed by atoms with van der Waals surface area (Å²) in [5.74, 6) is 2.28. The molecular weight excluding hydrogens is 461 g/mol. The minimum atomic E-state index is 0. The van der Waals surface area contributed by atoms with Crippen molar-refractivity contribution in [1.29, 1.82) is 0 Å². The molecule has 2 aromatic rings. The van der Waals surface area contributed by atoms with Crippen LogP contribution < -0.4 is 5.32 Å². The van der Waals surface area contributed by atoms with Crippen molar-refractivity contribution in [3.8, 4) is 0 Å². The summed E-state index contributed by atoms with van der Waals surface area (Å²) in [5.41, 5.74) is 3.01. The number of piperidine rings is 1. The van der Waals surface area contributed by atoms with Crippen molar-refractivity contribution in [3.63, 3.8) is 0 Å². The van der Waals surface area contributed by atoms with Gasteiger partial charge in [-0.15, -0.1) is 24.0 Å². The topological polar surface area (TPSA) is 45.5 Å². The Morgan fingerprint density at radius 3 is 2.93 bits per heavy atom. The highest BCUT2D eigenvalue weighted by Gasteiger charge is 2.29. The summed E-state index contributed by atoms with van der Waals surface area (Å²) < 4.78 is 2.26. The number of aliphatic imine (C=N–C) groups is 1. The summed E-state index contributed by atoms with van der Waals surface area (Å²) in [6.07, 6.45) is 9.50. The van der Waals surface area contributed by atoms with Crippen molar-refractivity contribution in [3.05, 3.63) is 54.1 Å². The quantitative estimate of drug-likeness (QED) is 0.397. The number of imidazole rings is 1. The van der Waals surface area contributed by atoms with Gasteiger partial charge in [0.25, 0.3) is 0 Å². The summed E-state index contributed by atoms with van der Waals surface area (Å²) in [4.78, 5) is 11.8. The molecule has 3 unspecified atom stereocenters. The highest BCUT2D eigenvalue weighted by atomic mass is 127. The third-order valence-corrected chi connectivity index (χ3v) is 6.18. The van der Waals surface area contributed by atoms with Crippen LogP contribution in [0.1, 0.15) is 49.8 Å². The van der Waals surface area contributed by atoms with Crippen LogP contribution in [0.2, 0.25) is 0 Å². The molecule has 1 aliphatic heterocycles. The molecule has 3 atom stereocenters. The Morgan fingerprint density at radius 1 is 1.29 bits per heavy atom. The number of fused-ring (bicyclic) bond motifs is 1. The maximum Gasteiger partial charge on any atom is 0.194 e. The number of rotatable bonds is 4. The Bertz CT molecular complexity index is 773. The normalized spacial score (nSPS) is 24.6. The zero-order valence-corrected chi connectivity index (χ0v) is 19.3. The van der Waals surface area contributed by atoms with Crippen LogP contribution in [-0.2, 0) is 6.42 Å². The van der Waals surface area contributed by atoms with Crippen LogP contribution in [0.5, 0.6) is 0 Å². The molecule has 0 amide bonds. The third-order valence-electron chi connectivity index (χ3n) is 6.18. The number of nitrogens with one attached hydrogen (secondary N) is 1. The van der Waals surface area contributed by atoms with Crippen molar-refractivity contribution in [2.24, 2.45) is 10.9 Å². The number of aromatic nitrogens is 2. The standard InChI is InChI=1S/C22H31N5.HI/c1-3-24-22(25-14-19-9-8-18-6-4-5-7-20(18)19)26-12-10-17(2)21(15-26)27-13-11-23-16-27;/h4-7,11,13,16-17,19,21H,3,8-10,12,14-15H2,1-2H3,(H,24,25);1H. The number of guanidine groups is 1. The van der Waals surface area contributed by atoms with Gasteiger partial charge in [-0.1, -0.05) is 31.2 Å². The zero-order valence-electron chi connectivity index (χ0n) is 16.9. The van der Waals surface area contributed by atoms with Gasteiger partial charge >= 0.3 is 0 Å². The van der Waals surface area contributed by atoms with Gasteiger partial charge in [0.1, 0.15) is 0 Å². The third kappa shape index (κ3) is 4.53. The number of benzene rings is 1. The highest BCUT2D eigenvalue weighted by Crippen LogP contribution is 2.33. The van der Waals surface area contributed by atoms with Crippen molar-refractivity contribution >= 4 is 29.9 Å². The van der Waals surface area contributed by atoms with E-state index in [-0.39, 0.29) is 24.0 Å². The van der Waals surface area contributed by atoms with E-state index in [2.05, 4.69) is 64.1 Å². The molecular formula is C22H32IN5. The number of hydrogen-bond acceptors (Lipinski definition) is 2. The molecule has 2 heterocycles. The van der Waals surface area contributed by atoms with Gasteiger partial charge in [0.15, 0.2) is 5.96 Å². The largest absolute Gasteiger partial charge is 0.357 e. The van der Waals surface area contributed by atoms with Crippen molar-refractivity contribution in [2.45, 2.75) is 45.1 Å². The first-order chi connectivity index (χ1) is 13.3. The van der Waals surface area contributed by atoms with E-state index in [4.69, 9.17) is 4.99 Å². The molecule has 0 bridgehead atoms. The number of nitrogens with zero attached hydrogens (tertiary/aromatic N) is 4. The van der Waals surface area contributed by atoms with E-state index in [1.807, 2.05) is 12.5 Å². The second-order valence-corrected chi connectivity index (χ2v) is 7.92. The molecule has 1 aromatic carbocycles. The molecule has 152 valence electrons. The fourth-order valence-corrected chi connectivity index (χ4v) is 4.55. The number of aryl methyl sites for hydroxylation is 1. The SMILES string of the molecule is CCNC(=NCC1CCc2ccccc21)N1CCC(C)C(n2ccnc2)C1.I. The zero-order chi connectivity index (χ0) is 18.6. The second-order valence-electron chi connectivity index (χ2n) is 7.92. The summed E-state index contributed by atoms with van der Waals surface area (Å²) in [7, 11) is 0. The molecule has 2 aliphatic rings. The molecule has 0 saturated carbocycles. The van der Waals surface area contributed by atoms with Gasteiger partial charge in [-0.25, -0.2) is 4.98 Å². The molecule has 4 rings (SSSR count). The van der Waals surface area contributed by atoms with Crippen LogP contribution >= 0.6 is 24.0 Å². The Labute approximate surface area is 185 Å². The van der Waals surface area contributed by atoms with Crippen LogP contribution in [0.15, 0.2) is 48.0 Å². The number of hydrogen-bond donors (Lipinski definition) is 1. The fraction of sp³-hybridized carbons (Fsp3) is 0.545. The van der Waals surface area contributed by atoms with Crippen molar-refractivity contribution in [2.75, 3.05) is 26.2 Å². The Hall–Kier alpha value is -1.57. The van der Waals surface area contributed by atoms with E-state index in [0.29, 0.717) is 17.9 Å². The Kier molecular flexibility index (Phi) is 7.37. The first-order valence-corrected chi connectivity index (χ1v) is 10.3. The lowest BCUT2D eigenvalue weighted by Crippen LogP contribution is -2.49. The van der Waals surface area contributed by atoms with Gasteiger partial charge in [-0.2, -0.15) is 0 Å². The van der Waals surface area contributed by atoms with Gasteiger partial charge < -0.3 is 14.8 Å². The van der Waals surface area contributed by atoms with Crippen LogP contribution in [0.4, 0.5) is 0 Å². The fourth-order valence-electron chi connectivity index (χ4n) is 4.55. The van der Waals surface area contributed by atoms with Gasteiger partial charge in [-0.05, 0) is 43.2 Å². The lowest BCUT2D eigenvalue weighted by molar-refractivity contribution is 0.189. The van der Waals surface area contributed by atoms with E-state index in [1.54, 1.807) is 0 Å². The Balaban J connectivity index is 0.00000225. The molecule has 28 heavy (non-hydrogen) atoms. The second kappa shape index (κ2) is 9.76. The monoisotopic (exact) mass is 493 g/mol. The van der Waals surface area contributed by atoms with Gasteiger partial charge in [0, 0.05) is 44.5 Å². The highest BCUT2D eigenvalue weighted by molar-refractivity contribution is 14.0. The predicted molar refractivity (Wildman–Crippen MR) is 126 cm³/mol. The van der Waals surface area contributed by atoms with Crippen LogP contribution in [-0.4, -0.2) is 46.6 Å². The molecule has 1 aromatic heterocycles. The molecule has 1 N–H and O–H groups in total. The van der Waals surface area contributed by atoms with Crippen LogP contribution in [0, 0.1) is 5.92 Å². The molecule has 1 saturated heterocycles. The lowest BCUT2D eigenvalue weighted by Gasteiger charge is -2.39. The van der Waals surface area contributed by atoms with E-state index in [9.17, 15) is 0 Å². The maximum atomic E-state index is 5.07. The predicted octanol–water partition coefficient (Wildman–Crippen LogP) is 4.08. The average molecular weight is 493 g/mol. The summed E-state index contributed by atoms with van der Waals surface area (Å²) in [6, 6.07) is 9.32. The summed E-state index contributed by atoms with van der Waals surface area (Å²) in [6.45, 7) is 8.34. The van der Waals surface area contributed by atoms with Gasteiger partial charge in [0.05, 0.1) is 12.4 Å². The van der Waals surface area contributed by atoms with Crippen molar-refractivity contribution < 1.29 is 0 Å². The molecule has 1 aliphatic carbocycles. The van der Waals surface area contributed by atoms with Gasteiger partial charge in [0.2, 0.25) is 0 Å². The van der Waals surface area contributed by atoms with Crippen molar-refractivity contribution in [1.82, 2.24) is 19.8 Å². The van der Waals surface area contributed by atoms with Gasteiger partial charge in [-0.3, -0.25) is 4.99 Å². The smallest absolute Gasteiger partial charge is 0.194 e. The molecule has 0 radical (unpaired) electrons. The lowest BCUT2D eigenvalue weighted by atomic mass is 9.93. The van der Waals surface area contributed by atoms with E-state index < -0.39 is 0 Å². The molecule has 0 spiro atoms. The van der Waals surface area contributed by atoms with E-state index in [0.717, 1.165) is 32.1 Å². The number of halogens is 1. The first kappa shape index (κ1) is 21.1. The van der Waals surface area contributed by atoms with E-state index >= 15 is 0 Å². The van der Waals surface area contributed by atoms with Crippen LogP contribution in [0.3, 0.4) is 0 Å². The molecule has 5 nitrogen and oxygen atoms in total. The van der Waals surface area contributed by atoms with Crippen LogP contribution in [0.25, 0.3) is 0 Å². The maximum absolute atomic E-state index is 5.07. The first-order valence-electron chi connectivity index (χ1n) is 10.3. The number of likely N-dealkylation sites (tertiary alicyclic amines) is 1.